The van der Waals surface area contributed by atoms with Gasteiger partial charge >= 0.3 is 0 Å². The minimum Gasteiger partial charge on any atom is -0.371 e. The molecule has 0 atom stereocenters. The fourth-order valence-electron chi connectivity index (χ4n) is 1.34. The van der Waals surface area contributed by atoms with E-state index < -0.39 is 0 Å². The molecule has 2 aromatic rings. The van der Waals surface area contributed by atoms with E-state index in [-0.39, 0.29) is 0 Å². The molecule has 0 fully saturated rings. The molecule has 3 nitrogen and oxygen atoms in total. The van der Waals surface area contributed by atoms with E-state index >= 15 is 0 Å². The second-order valence-electron chi connectivity index (χ2n) is 3.01. The number of nitrogens with zero attached hydrogens (tertiary/aromatic N) is 2. The van der Waals surface area contributed by atoms with Gasteiger partial charge in [-0.1, -0.05) is 23.7 Å². The van der Waals surface area contributed by atoms with Crippen LogP contribution in [0.2, 0.25) is 5.02 Å². The zero-order valence-corrected chi connectivity index (χ0v) is 8.99. The van der Waals surface area contributed by atoms with E-state index in [1.54, 1.807) is 12.4 Å². The molecule has 0 amide bonds. The van der Waals surface area contributed by atoms with Crippen LogP contribution in [0.1, 0.15) is 0 Å². The lowest BCUT2D eigenvalue weighted by atomic mass is 10.1. The van der Waals surface area contributed by atoms with Gasteiger partial charge in [-0.25, -0.2) is 4.98 Å². The van der Waals surface area contributed by atoms with E-state index in [0.717, 1.165) is 17.1 Å². The highest BCUT2D eigenvalue weighted by Gasteiger charge is 2.05. The predicted octanol–water partition coefficient (Wildman–Crippen LogP) is 2.84. The number of rotatable bonds is 2. The van der Waals surface area contributed by atoms with Crippen molar-refractivity contribution >= 4 is 17.4 Å². The Morgan fingerprint density at radius 2 is 1.73 bits per heavy atom. The smallest absolute Gasteiger partial charge is 0.152 e. The van der Waals surface area contributed by atoms with Crippen LogP contribution in [0.5, 0.6) is 0 Å². The predicted molar refractivity (Wildman–Crippen MR) is 62.0 cm³/mol. The molecular weight excluding hydrogens is 210 g/mol. The lowest BCUT2D eigenvalue weighted by molar-refractivity contribution is 1.19. The van der Waals surface area contributed by atoms with Gasteiger partial charge in [-0.15, -0.1) is 0 Å². The molecular formula is C11H10ClN3. The molecule has 4 heteroatoms. The molecule has 0 bridgehead atoms. The van der Waals surface area contributed by atoms with Crippen molar-refractivity contribution in [3.8, 4) is 11.3 Å². The molecule has 0 saturated heterocycles. The van der Waals surface area contributed by atoms with Crippen LogP contribution in [-0.2, 0) is 0 Å². The summed E-state index contributed by atoms with van der Waals surface area (Å²) >= 11 is 5.82. The van der Waals surface area contributed by atoms with E-state index in [1.807, 2.05) is 31.3 Å². The van der Waals surface area contributed by atoms with Gasteiger partial charge in [-0.05, 0) is 12.1 Å². The monoisotopic (exact) mass is 219 g/mol. The zero-order chi connectivity index (χ0) is 10.7. The lowest BCUT2D eigenvalue weighted by Gasteiger charge is -2.06. The Bertz CT molecular complexity index is 454. The molecule has 76 valence electrons. The molecule has 0 aliphatic carbocycles. The fourth-order valence-corrected chi connectivity index (χ4v) is 1.47. The summed E-state index contributed by atoms with van der Waals surface area (Å²) in [5.74, 6) is 0.764. The maximum absolute atomic E-state index is 5.82. The molecule has 0 aliphatic heterocycles. The van der Waals surface area contributed by atoms with Crippen LogP contribution in [0.25, 0.3) is 11.3 Å². The number of anilines is 1. The highest BCUT2D eigenvalue weighted by Crippen LogP contribution is 2.24. The van der Waals surface area contributed by atoms with Crippen molar-refractivity contribution in [1.82, 2.24) is 9.97 Å². The topological polar surface area (TPSA) is 37.8 Å². The van der Waals surface area contributed by atoms with Gasteiger partial charge in [0.2, 0.25) is 0 Å². The molecule has 15 heavy (non-hydrogen) atoms. The minimum atomic E-state index is 0.716. The van der Waals surface area contributed by atoms with Crippen molar-refractivity contribution in [1.29, 1.82) is 0 Å². The Labute approximate surface area is 93.1 Å². The first-order valence-corrected chi connectivity index (χ1v) is 4.94. The summed E-state index contributed by atoms with van der Waals surface area (Å²) < 4.78 is 0. The number of benzene rings is 1. The standard InChI is InChI=1S/C11H10ClN3/c1-13-11-10(14-6-7-15-11)8-2-4-9(12)5-3-8/h2-7H,1H3,(H,13,15). The molecule has 1 N–H and O–H groups in total. The van der Waals surface area contributed by atoms with E-state index in [0.29, 0.717) is 5.02 Å². The normalized spacial score (nSPS) is 10.0. The maximum atomic E-state index is 5.82. The van der Waals surface area contributed by atoms with Crippen LogP contribution in [0.15, 0.2) is 36.7 Å². The quantitative estimate of drug-likeness (QED) is 0.844. The first-order chi connectivity index (χ1) is 7.31. The van der Waals surface area contributed by atoms with Gasteiger partial charge in [0.1, 0.15) is 5.69 Å². The summed E-state index contributed by atoms with van der Waals surface area (Å²) in [6, 6.07) is 7.52. The van der Waals surface area contributed by atoms with E-state index in [9.17, 15) is 0 Å². The minimum absolute atomic E-state index is 0.716. The second kappa shape index (κ2) is 4.28. The average molecular weight is 220 g/mol. The van der Waals surface area contributed by atoms with E-state index in [2.05, 4.69) is 15.3 Å². The van der Waals surface area contributed by atoms with Crippen molar-refractivity contribution in [2.45, 2.75) is 0 Å². The molecule has 0 aliphatic rings. The van der Waals surface area contributed by atoms with Crippen molar-refractivity contribution in [3.63, 3.8) is 0 Å². The number of hydrogen-bond acceptors (Lipinski definition) is 3. The molecule has 0 radical (unpaired) electrons. The van der Waals surface area contributed by atoms with Crippen LogP contribution < -0.4 is 5.32 Å². The molecule has 0 saturated carbocycles. The Morgan fingerprint density at radius 1 is 1.07 bits per heavy atom. The Morgan fingerprint density at radius 3 is 2.40 bits per heavy atom. The third-order valence-corrected chi connectivity index (χ3v) is 2.30. The number of hydrogen-bond donors (Lipinski definition) is 1. The largest absolute Gasteiger partial charge is 0.371 e. The van der Waals surface area contributed by atoms with Crippen molar-refractivity contribution < 1.29 is 0 Å². The number of aromatic nitrogens is 2. The molecule has 0 spiro atoms. The summed E-state index contributed by atoms with van der Waals surface area (Å²) in [5, 5.41) is 3.72. The highest BCUT2D eigenvalue weighted by molar-refractivity contribution is 6.30. The van der Waals surface area contributed by atoms with Crippen LogP contribution in [-0.4, -0.2) is 17.0 Å². The molecule has 1 heterocycles. The molecule has 0 unspecified atom stereocenters. The summed E-state index contributed by atoms with van der Waals surface area (Å²) in [6.07, 6.45) is 3.33. The van der Waals surface area contributed by atoms with Crippen LogP contribution >= 0.6 is 11.6 Å². The summed E-state index contributed by atoms with van der Waals surface area (Å²) in [6.45, 7) is 0. The van der Waals surface area contributed by atoms with Gasteiger partial charge in [-0.3, -0.25) is 4.98 Å². The van der Waals surface area contributed by atoms with Crippen molar-refractivity contribution in [2.75, 3.05) is 12.4 Å². The highest BCUT2D eigenvalue weighted by atomic mass is 35.5. The van der Waals surface area contributed by atoms with E-state index in [4.69, 9.17) is 11.6 Å². The van der Waals surface area contributed by atoms with E-state index in [1.165, 1.54) is 0 Å². The Balaban J connectivity index is 2.49. The second-order valence-corrected chi connectivity index (χ2v) is 3.45. The van der Waals surface area contributed by atoms with Gasteiger partial charge in [0, 0.05) is 30.0 Å². The molecule has 1 aromatic carbocycles. The molecule has 2 rings (SSSR count). The van der Waals surface area contributed by atoms with Crippen LogP contribution in [0, 0.1) is 0 Å². The van der Waals surface area contributed by atoms with Crippen molar-refractivity contribution in [2.24, 2.45) is 0 Å². The maximum Gasteiger partial charge on any atom is 0.152 e. The molecule has 1 aromatic heterocycles. The average Bonchev–Trinajstić information content (AvgIpc) is 2.30. The van der Waals surface area contributed by atoms with Crippen molar-refractivity contribution in [3.05, 3.63) is 41.7 Å². The Kier molecular flexibility index (Phi) is 2.83. The summed E-state index contributed by atoms with van der Waals surface area (Å²) in [4.78, 5) is 8.47. The van der Waals surface area contributed by atoms with Gasteiger partial charge in [0.15, 0.2) is 5.82 Å². The lowest BCUT2D eigenvalue weighted by Crippen LogP contribution is -1.96. The third-order valence-electron chi connectivity index (χ3n) is 2.05. The third kappa shape index (κ3) is 2.07. The number of nitrogens with one attached hydrogen (secondary N) is 1. The van der Waals surface area contributed by atoms with Gasteiger partial charge < -0.3 is 5.32 Å². The first kappa shape index (κ1) is 9.93. The van der Waals surface area contributed by atoms with Crippen LogP contribution in [0.4, 0.5) is 5.82 Å². The van der Waals surface area contributed by atoms with Gasteiger partial charge in [0.25, 0.3) is 0 Å². The number of halogens is 1. The fraction of sp³-hybridized carbons (Fsp3) is 0.0909. The van der Waals surface area contributed by atoms with Gasteiger partial charge in [-0.2, -0.15) is 0 Å². The SMILES string of the molecule is CNc1nccnc1-c1ccc(Cl)cc1. The van der Waals surface area contributed by atoms with Gasteiger partial charge in [0.05, 0.1) is 0 Å². The first-order valence-electron chi connectivity index (χ1n) is 4.56. The summed E-state index contributed by atoms with van der Waals surface area (Å²) in [7, 11) is 1.82. The Hall–Kier alpha value is -1.61. The zero-order valence-electron chi connectivity index (χ0n) is 8.24. The summed E-state index contributed by atoms with van der Waals surface area (Å²) in [5.41, 5.74) is 1.83. The van der Waals surface area contributed by atoms with Crippen LogP contribution in [0.3, 0.4) is 0 Å².